The summed E-state index contributed by atoms with van der Waals surface area (Å²) in [6.45, 7) is 2.63. The van der Waals surface area contributed by atoms with Crippen LogP contribution < -0.4 is 5.32 Å². The van der Waals surface area contributed by atoms with E-state index in [9.17, 15) is 9.59 Å². The number of amides is 3. The second-order valence-electron chi connectivity index (χ2n) is 2.26. The Kier molecular flexibility index (Phi) is 1.89. The summed E-state index contributed by atoms with van der Waals surface area (Å²) in [5.74, 6) is -0.183. The average molecular weight is 142 g/mol. The quantitative estimate of drug-likeness (QED) is 0.515. The van der Waals surface area contributed by atoms with Gasteiger partial charge in [-0.05, 0) is 6.42 Å². The lowest BCUT2D eigenvalue weighted by molar-refractivity contribution is -0.126. The van der Waals surface area contributed by atoms with Gasteiger partial charge in [0.25, 0.3) is 0 Å². The van der Waals surface area contributed by atoms with Crippen molar-refractivity contribution in [1.29, 1.82) is 0 Å². The maximum absolute atomic E-state index is 10.8. The van der Waals surface area contributed by atoms with E-state index in [1.54, 1.807) is 0 Å². The van der Waals surface area contributed by atoms with Crippen molar-refractivity contribution in [2.24, 2.45) is 0 Å². The topological polar surface area (TPSA) is 49.4 Å². The molecule has 1 heterocycles. The summed E-state index contributed by atoms with van der Waals surface area (Å²) < 4.78 is 0. The predicted octanol–water partition coefficient (Wildman–Crippen LogP) is -0.0518. The van der Waals surface area contributed by atoms with Gasteiger partial charge in [0.15, 0.2) is 0 Å². The van der Waals surface area contributed by atoms with Crippen LogP contribution in [0.5, 0.6) is 0 Å². The SMILES string of the molecule is CC(=O)N1CCCNC1=O. The smallest absolute Gasteiger partial charge is 0.324 e. The molecule has 0 aromatic heterocycles. The molecule has 56 valence electrons. The van der Waals surface area contributed by atoms with E-state index in [0.717, 1.165) is 6.42 Å². The first-order valence-corrected chi connectivity index (χ1v) is 3.28. The summed E-state index contributed by atoms with van der Waals surface area (Å²) in [5.41, 5.74) is 0. The van der Waals surface area contributed by atoms with E-state index in [1.165, 1.54) is 11.8 Å². The molecule has 1 N–H and O–H groups in total. The Labute approximate surface area is 59.2 Å². The third kappa shape index (κ3) is 1.26. The molecule has 0 spiro atoms. The summed E-state index contributed by atoms with van der Waals surface area (Å²) in [7, 11) is 0. The van der Waals surface area contributed by atoms with Crippen LogP contribution in [0.3, 0.4) is 0 Å². The monoisotopic (exact) mass is 142 g/mol. The first-order chi connectivity index (χ1) is 4.72. The Hall–Kier alpha value is -1.06. The van der Waals surface area contributed by atoms with Crippen LogP contribution in [0, 0.1) is 0 Å². The van der Waals surface area contributed by atoms with Crippen molar-refractivity contribution >= 4 is 11.9 Å². The van der Waals surface area contributed by atoms with E-state index in [4.69, 9.17) is 0 Å². The molecule has 1 aliphatic heterocycles. The molecule has 1 fully saturated rings. The van der Waals surface area contributed by atoms with Crippen LogP contribution in [0.15, 0.2) is 0 Å². The highest BCUT2D eigenvalue weighted by molar-refractivity contribution is 5.93. The minimum Gasteiger partial charge on any atom is -0.338 e. The number of carbonyl (C=O) groups excluding carboxylic acids is 2. The van der Waals surface area contributed by atoms with Gasteiger partial charge in [-0.15, -0.1) is 0 Å². The molecule has 0 atom stereocenters. The van der Waals surface area contributed by atoms with Crippen molar-refractivity contribution in [3.63, 3.8) is 0 Å². The van der Waals surface area contributed by atoms with Crippen LogP contribution in [0.25, 0.3) is 0 Å². The van der Waals surface area contributed by atoms with Crippen molar-refractivity contribution in [3.05, 3.63) is 0 Å². The van der Waals surface area contributed by atoms with Gasteiger partial charge in [0.05, 0.1) is 0 Å². The standard InChI is InChI=1S/C6H10N2O2/c1-5(9)8-4-2-3-7-6(8)10/h2-4H2,1H3,(H,7,10). The molecule has 1 saturated heterocycles. The number of hydrogen-bond donors (Lipinski definition) is 1. The van der Waals surface area contributed by atoms with E-state index < -0.39 is 0 Å². The average Bonchev–Trinajstić information content (AvgIpc) is 1.88. The molecule has 0 unspecified atom stereocenters. The van der Waals surface area contributed by atoms with Crippen LogP contribution >= 0.6 is 0 Å². The van der Waals surface area contributed by atoms with Gasteiger partial charge in [-0.2, -0.15) is 0 Å². The molecule has 0 bridgehead atoms. The Bertz CT molecular complexity index is 167. The molecule has 3 amide bonds. The van der Waals surface area contributed by atoms with E-state index >= 15 is 0 Å². The van der Waals surface area contributed by atoms with Gasteiger partial charge in [-0.1, -0.05) is 0 Å². The fraction of sp³-hybridized carbons (Fsp3) is 0.667. The third-order valence-electron chi connectivity index (χ3n) is 1.46. The maximum atomic E-state index is 10.8. The Morgan fingerprint density at radius 2 is 2.40 bits per heavy atom. The number of imide groups is 1. The highest BCUT2D eigenvalue weighted by Gasteiger charge is 2.20. The second kappa shape index (κ2) is 2.68. The molecule has 0 saturated carbocycles. The normalized spacial score (nSPS) is 18.5. The Morgan fingerprint density at radius 3 is 2.80 bits per heavy atom. The summed E-state index contributed by atoms with van der Waals surface area (Å²) in [6.07, 6.45) is 0.852. The van der Waals surface area contributed by atoms with Crippen molar-refractivity contribution in [1.82, 2.24) is 10.2 Å². The van der Waals surface area contributed by atoms with Crippen molar-refractivity contribution in [2.45, 2.75) is 13.3 Å². The largest absolute Gasteiger partial charge is 0.338 e. The Balaban J connectivity index is 2.56. The molecule has 0 aromatic carbocycles. The van der Waals surface area contributed by atoms with Gasteiger partial charge in [0, 0.05) is 20.0 Å². The zero-order valence-electron chi connectivity index (χ0n) is 5.89. The summed E-state index contributed by atoms with van der Waals surface area (Å²) in [6, 6.07) is -0.265. The zero-order chi connectivity index (χ0) is 7.56. The fourth-order valence-corrected chi connectivity index (χ4v) is 0.930. The molecule has 1 rings (SSSR count). The molecule has 4 heteroatoms. The summed E-state index contributed by atoms with van der Waals surface area (Å²) in [5, 5.41) is 2.58. The van der Waals surface area contributed by atoms with Crippen LogP contribution in [0.2, 0.25) is 0 Å². The van der Waals surface area contributed by atoms with Gasteiger partial charge in [-0.25, -0.2) is 4.79 Å². The van der Waals surface area contributed by atoms with Crippen LogP contribution in [-0.4, -0.2) is 29.9 Å². The fourth-order valence-electron chi connectivity index (χ4n) is 0.930. The highest BCUT2D eigenvalue weighted by atomic mass is 16.2. The highest BCUT2D eigenvalue weighted by Crippen LogP contribution is 1.98. The zero-order valence-corrected chi connectivity index (χ0v) is 5.89. The predicted molar refractivity (Wildman–Crippen MR) is 35.4 cm³/mol. The molecule has 0 radical (unpaired) electrons. The summed E-state index contributed by atoms with van der Waals surface area (Å²) >= 11 is 0. The number of urea groups is 1. The molecule has 0 aromatic rings. The van der Waals surface area contributed by atoms with Crippen molar-refractivity contribution in [2.75, 3.05) is 13.1 Å². The first-order valence-electron chi connectivity index (χ1n) is 3.28. The molecule has 10 heavy (non-hydrogen) atoms. The molecular formula is C6H10N2O2. The maximum Gasteiger partial charge on any atom is 0.324 e. The minimum absolute atomic E-state index is 0.183. The van der Waals surface area contributed by atoms with E-state index in [-0.39, 0.29) is 11.9 Å². The van der Waals surface area contributed by atoms with E-state index in [1.807, 2.05) is 0 Å². The third-order valence-corrected chi connectivity index (χ3v) is 1.46. The molecule has 1 aliphatic rings. The van der Waals surface area contributed by atoms with E-state index in [2.05, 4.69) is 5.32 Å². The van der Waals surface area contributed by atoms with Gasteiger partial charge in [0.1, 0.15) is 0 Å². The van der Waals surface area contributed by atoms with Crippen LogP contribution in [0.1, 0.15) is 13.3 Å². The number of rotatable bonds is 0. The van der Waals surface area contributed by atoms with Crippen LogP contribution in [0.4, 0.5) is 4.79 Å². The molecular weight excluding hydrogens is 132 g/mol. The molecule has 0 aliphatic carbocycles. The first kappa shape index (κ1) is 7.05. The van der Waals surface area contributed by atoms with Gasteiger partial charge in [-0.3, -0.25) is 9.69 Å². The lowest BCUT2D eigenvalue weighted by atomic mass is 10.3. The second-order valence-corrected chi connectivity index (χ2v) is 2.26. The van der Waals surface area contributed by atoms with Gasteiger partial charge >= 0.3 is 6.03 Å². The van der Waals surface area contributed by atoms with Gasteiger partial charge < -0.3 is 5.32 Å². The summed E-state index contributed by atoms with van der Waals surface area (Å²) in [4.78, 5) is 22.7. The van der Waals surface area contributed by atoms with Crippen LogP contribution in [-0.2, 0) is 4.79 Å². The van der Waals surface area contributed by atoms with Crippen molar-refractivity contribution < 1.29 is 9.59 Å². The van der Waals surface area contributed by atoms with E-state index in [0.29, 0.717) is 13.1 Å². The number of nitrogens with zero attached hydrogens (tertiary/aromatic N) is 1. The number of carbonyl (C=O) groups is 2. The van der Waals surface area contributed by atoms with Gasteiger partial charge in [0.2, 0.25) is 5.91 Å². The minimum atomic E-state index is -0.265. The lowest BCUT2D eigenvalue weighted by Crippen LogP contribution is -2.48. The number of nitrogens with one attached hydrogen (secondary N) is 1. The lowest BCUT2D eigenvalue weighted by Gasteiger charge is -2.23. The molecule has 4 nitrogen and oxygen atoms in total. The Morgan fingerprint density at radius 1 is 1.70 bits per heavy atom. The van der Waals surface area contributed by atoms with Crippen molar-refractivity contribution in [3.8, 4) is 0 Å². The number of hydrogen-bond acceptors (Lipinski definition) is 2.